The van der Waals surface area contributed by atoms with E-state index in [0.717, 1.165) is 5.39 Å². The number of nitrogens with one attached hydrogen (secondary N) is 2. The predicted molar refractivity (Wildman–Crippen MR) is 54.9 cm³/mol. The second kappa shape index (κ2) is 3.45. The molecule has 1 heterocycles. The van der Waals surface area contributed by atoms with Gasteiger partial charge in [0, 0.05) is 11.6 Å². The fraction of sp³-hybridized carbons (Fsp3) is 0. The molecule has 5 nitrogen and oxygen atoms in total. The number of carboxylic acid groups (broad SMARTS) is 1. The molecular formula is C10H8N2O3. The quantitative estimate of drug-likeness (QED) is 0.648. The molecule has 0 fully saturated rings. The number of carbonyl (C=O) groups excluding carboxylic acids is 1. The van der Waals surface area contributed by atoms with Crippen LogP contribution < -0.4 is 5.32 Å². The number of aromatic nitrogens is 1. The molecule has 5 heteroatoms. The van der Waals surface area contributed by atoms with Crippen molar-refractivity contribution in [2.45, 2.75) is 0 Å². The second-order valence-electron chi connectivity index (χ2n) is 2.96. The molecule has 1 aromatic carbocycles. The molecule has 3 N–H and O–H groups in total. The van der Waals surface area contributed by atoms with Gasteiger partial charge in [-0.15, -0.1) is 0 Å². The summed E-state index contributed by atoms with van der Waals surface area (Å²) in [6.45, 7) is 0. The number of benzene rings is 1. The van der Waals surface area contributed by atoms with Gasteiger partial charge in [0.25, 0.3) is 0 Å². The average Bonchev–Trinajstić information content (AvgIpc) is 2.63. The Morgan fingerprint density at radius 2 is 2.33 bits per heavy atom. The maximum absolute atomic E-state index is 11.1. The molecule has 0 aliphatic carbocycles. The number of carbonyl (C=O) groups is 2. The molecule has 15 heavy (non-hydrogen) atoms. The average molecular weight is 205 g/mol. The third-order valence-corrected chi connectivity index (χ3v) is 2.13. The van der Waals surface area contributed by atoms with Crippen LogP contribution in [0, 0.1) is 0 Å². The summed E-state index contributed by atoms with van der Waals surface area (Å²) in [7, 11) is 0. The number of amides is 1. The molecule has 2 aromatic rings. The van der Waals surface area contributed by atoms with E-state index in [-0.39, 0.29) is 11.3 Å². The summed E-state index contributed by atoms with van der Waals surface area (Å²) >= 11 is 0. The third-order valence-electron chi connectivity index (χ3n) is 2.13. The minimum atomic E-state index is -1.16. The van der Waals surface area contributed by atoms with Crippen LogP contribution >= 0.6 is 0 Å². The van der Waals surface area contributed by atoms with Crippen LogP contribution in [0.4, 0.5) is 5.69 Å². The van der Waals surface area contributed by atoms with Crippen LogP contribution in [0.5, 0.6) is 0 Å². The van der Waals surface area contributed by atoms with E-state index >= 15 is 0 Å². The highest BCUT2D eigenvalue weighted by molar-refractivity contribution is 6.08. The van der Waals surface area contributed by atoms with Crippen molar-refractivity contribution in [1.29, 1.82) is 0 Å². The zero-order chi connectivity index (χ0) is 11.7. The largest absolute Gasteiger partial charge is 0.478 e. The lowest BCUT2D eigenvalue weighted by atomic mass is 10.1. The van der Waals surface area contributed by atoms with Crippen LogP contribution in [-0.4, -0.2) is 22.4 Å². The van der Waals surface area contributed by atoms with Crippen molar-refractivity contribution < 1.29 is 16.1 Å². The van der Waals surface area contributed by atoms with Crippen LogP contribution in [0.25, 0.3) is 10.9 Å². The number of hydrogen-bond acceptors (Lipinski definition) is 2. The number of aromatic amines is 1. The number of hydrogen-bond donors (Lipinski definition) is 3. The molecule has 1 amide bonds. The van der Waals surface area contributed by atoms with Gasteiger partial charge in [0.2, 0.25) is 6.39 Å². The molecule has 0 spiro atoms. The number of aromatic carboxylic acids is 1. The van der Waals surface area contributed by atoms with Crippen LogP contribution in [-0.2, 0) is 4.79 Å². The van der Waals surface area contributed by atoms with E-state index in [9.17, 15) is 9.59 Å². The van der Waals surface area contributed by atoms with Gasteiger partial charge in [0.1, 0.15) is 6.93 Å². The summed E-state index contributed by atoms with van der Waals surface area (Å²) in [5.74, 6) is -1.16. The first-order valence-electron chi connectivity index (χ1n) is 4.70. The molecule has 0 atom stereocenters. The van der Waals surface area contributed by atoms with Crippen molar-refractivity contribution in [1.82, 2.24) is 4.98 Å². The van der Waals surface area contributed by atoms with Crippen LogP contribution in [0.2, 0.25) is 0 Å². The molecule has 0 bridgehead atoms. The minimum Gasteiger partial charge on any atom is -0.478 e. The summed E-state index contributed by atoms with van der Waals surface area (Å²) < 4.78 is 6.77. The van der Waals surface area contributed by atoms with Gasteiger partial charge in [-0.3, -0.25) is 4.79 Å². The molecule has 1 aromatic heterocycles. The maximum Gasteiger partial charge on any atom is 0.339 e. The minimum absolute atomic E-state index is 0.0388. The van der Waals surface area contributed by atoms with E-state index in [4.69, 9.17) is 6.48 Å². The standard InChI is InChI=1S/C10H8N2O3/c13-5-12-7-2-1-6-3-4-11-9(6)8(7)10(14)15/h1-5,11H,(H,12,13)(H,14,15)/i5D. The normalized spacial score (nSPS) is 11.1. The Hall–Kier alpha value is -2.30. The van der Waals surface area contributed by atoms with Gasteiger partial charge in [-0.2, -0.15) is 0 Å². The van der Waals surface area contributed by atoms with Crippen LogP contribution in [0.3, 0.4) is 0 Å². The highest BCUT2D eigenvalue weighted by Crippen LogP contribution is 2.24. The third kappa shape index (κ3) is 1.43. The summed E-state index contributed by atoms with van der Waals surface area (Å²) in [5, 5.41) is 12.0. The topological polar surface area (TPSA) is 82.2 Å². The zero-order valence-electron chi connectivity index (χ0n) is 8.57. The fourth-order valence-corrected chi connectivity index (χ4v) is 1.51. The molecular weight excluding hydrogens is 196 g/mol. The lowest BCUT2D eigenvalue weighted by molar-refractivity contribution is -0.105. The van der Waals surface area contributed by atoms with Crippen LogP contribution in [0.1, 0.15) is 11.7 Å². The fourth-order valence-electron chi connectivity index (χ4n) is 1.51. The van der Waals surface area contributed by atoms with Gasteiger partial charge in [-0.05, 0) is 12.1 Å². The summed E-state index contributed by atoms with van der Waals surface area (Å²) in [6.07, 6.45) is 0.567. The molecule has 0 aliphatic heterocycles. The highest BCUT2D eigenvalue weighted by Gasteiger charge is 2.14. The van der Waals surface area contributed by atoms with E-state index in [1.807, 2.05) is 0 Å². The lowest BCUT2D eigenvalue weighted by Gasteiger charge is -2.05. The van der Waals surface area contributed by atoms with Gasteiger partial charge >= 0.3 is 5.97 Å². The van der Waals surface area contributed by atoms with Crippen molar-refractivity contribution in [3.63, 3.8) is 0 Å². The first kappa shape index (κ1) is 8.05. The smallest absolute Gasteiger partial charge is 0.339 e. The number of H-pyrrole nitrogens is 1. The van der Waals surface area contributed by atoms with Gasteiger partial charge < -0.3 is 15.4 Å². The van der Waals surface area contributed by atoms with E-state index in [0.29, 0.717) is 5.52 Å². The molecule has 0 unspecified atom stereocenters. The Morgan fingerprint density at radius 3 is 3.00 bits per heavy atom. The predicted octanol–water partition coefficient (Wildman–Crippen LogP) is 1.43. The van der Waals surface area contributed by atoms with Crippen molar-refractivity contribution in [2.75, 3.05) is 5.32 Å². The molecule has 0 radical (unpaired) electrons. The van der Waals surface area contributed by atoms with Gasteiger partial charge in [-0.25, -0.2) is 4.79 Å². The Kier molecular flexibility index (Phi) is 1.85. The number of carboxylic acids is 1. The summed E-state index contributed by atoms with van der Waals surface area (Å²) in [5.41, 5.74) is 0.504. The molecule has 2 rings (SSSR count). The van der Waals surface area contributed by atoms with Crippen LogP contribution in [0.15, 0.2) is 24.4 Å². The lowest BCUT2D eigenvalue weighted by Crippen LogP contribution is -2.05. The van der Waals surface area contributed by atoms with E-state index < -0.39 is 12.4 Å². The maximum atomic E-state index is 11.1. The van der Waals surface area contributed by atoms with E-state index in [1.54, 1.807) is 18.3 Å². The number of fused-ring (bicyclic) bond motifs is 1. The first-order valence-corrected chi connectivity index (χ1v) is 4.20. The SMILES string of the molecule is [2H]C(=O)Nc1ccc2cc[nH]c2c1C(=O)O. The Morgan fingerprint density at radius 1 is 1.53 bits per heavy atom. The first-order chi connectivity index (χ1) is 7.59. The van der Waals surface area contributed by atoms with E-state index in [2.05, 4.69) is 10.3 Å². The van der Waals surface area contributed by atoms with Gasteiger partial charge in [0.05, 0.1) is 11.2 Å². The second-order valence-corrected chi connectivity index (χ2v) is 2.96. The van der Waals surface area contributed by atoms with Crippen molar-refractivity contribution in [3.05, 3.63) is 30.0 Å². The van der Waals surface area contributed by atoms with Crippen molar-refractivity contribution in [3.8, 4) is 0 Å². The Labute approximate surface area is 86.1 Å². The van der Waals surface area contributed by atoms with Crippen molar-refractivity contribution >= 4 is 28.9 Å². The van der Waals surface area contributed by atoms with Gasteiger partial charge in [0.15, 0.2) is 0 Å². The molecule has 0 saturated carbocycles. The van der Waals surface area contributed by atoms with Gasteiger partial charge in [-0.1, -0.05) is 6.07 Å². The summed E-state index contributed by atoms with van der Waals surface area (Å²) in [6, 6.07) is 4.86. The van der Waals surface area contributed by atoms with E-state index in [1.165, 1.54) is 6.07 Å². The highest BCUT2D eigenvalue weighted by atomic mass is 16.4. The molecule has 0 saturated heterocycles. The number of anilines is 1. The molecule has 76 valence electrons. The summed E-state index contributed by atoms with van der Waals surface area (Å²) in [4.78, 5) is 24.5. The Bertz CT molecular complexity index is 576. The van der Waals surface area contributed by atoms with Crippen molar-refractivity contribution in [2.24, 2.45) is 0 Å². The number of rotatable bonds is 2. The monoisotopic (exact) mass is 205 g/mol. The Balaban J connectivity index is 2.68. The zero-order valence-corrected chi connectivity index (χ0v) is 7.57. The molecule has 0 aliphatic rings.